The molecule has 0 saturated heterocycles. The first kappa shape index (κ1) is 9.43. The van der Waals surface area contributed by atoms with Gasteiger partial charge in [0.05, 0.1) is 12.6 Å². The van der Waals surface area contributed by atoms with Crippen LogP contribution in [0.4, 0.5) is 0 Å². The van der Waals surface area contributed by atoms with Crippen molar-refractivity contribution in [3.63, 3.8) is 0 Å². The SMILES string of the molecule is CC(C)C[C@@H](CO)NC=O. The number of nitrogens with one attached hydrogen (secondary N) is 1. The second-order valence-corrected chi connectivity index (χ2v) is 2.79. The molecule has 0 saturated carbocycles. The van der Waals surface area contributed by atoms with E-state index in [-0.39, 0.29) is 12.6 Å². The van der Waals surface area contributed by atoms with Crippen LogP contribution in [-0.2, 0) is 4.79 Å². The topological polar surface area (TPSA) is 49.3 Å². The number of hydrogen-bond donors (Lipinski definition) is 2. The highest BCUT2D eigenvalue weighted by Gasteiger charge is 2.06. The molecule has 0 spiro atoms. The van der Waals surface area contributed by atoms with Crippen LogP contribution in [0.25, 0.3) is 0 Å². The predicted molar refractivity (Wildman–Crippen MR) is 39.5 cm³/mol. The number of aliphatic hydroxyl groups is 1. The molecule has 3 nitrogen and oxygen atoms in total. The van der Waals surface area contributed by atoms with Crippen molar-refractivity contribution in [1.82, 2.24) is 5.32 Å². The largest absolute Gasteiger partial charge is 0.394 e. The Kier molecular flexibility index (Phi) is 4.94. The summed E-state index contributed by atoms with van der Waals surface area (Å²) in [6, 6.07) is -0.0718. The fourth-order valence-corrected chi connectivity index (χ4v) is 0.861. The molecule has 0 aromatic rings. The molecule has 60 valence electrons. The molecule has 0 heterocycles. The van der Waals surface area contributed by atoms with Gasteiger partial charge in [0, 0.05) is 0 Å². The highest BCUT2D eigenvalue weighted by molar-refractivity contribution is 5.46. The summed E-state index contributed by atoms with van der Waals surface area (Å²) in [4.78, 5) is 9.93. The van der Waals surface area contributed by atoms with Crippen molar-refractivity contribution in [2.75, 3.05) is 6.61 Å². The Labute approximate surface area is 61.4 Å². The fourth-order valence-electron chi connectivity index (χ4n) is 0.861. The number of aliphatic hydroxyl groups excluding tert-OH is 1. The molecule has 3 heteroatoms. The van der Waals surface area contributed by atoms with Crippen LogP contribution in [0, 0.1) is 5.92 Å². The minimum Gasteiger partial charge on any atom is -0.394 e. The maximum atomic E-state index is 9.93. The summed E-state index contributed by atoms with van der Waals surface area (Å²) in [5, 5.41) is 11.2. The van der Waals surface area contributed by atoms with Gasteiger partial charge < -0.3 is 10.4 Å². The van der Waals surface area contributed by atoms with Gasteiger partial charge in [0.25, 0.3) is 0 Å². The standard InChI is InChI=1S/C7H15NO2/c1-6(2)3-7(4-9)8-5-10/h5-7,9H,3-4H2,1-2H3,(H,8,10)/t7-/m0/s1. The molecule has 2 N–H and O–H groups in total. The minimum absolute atomic E-state index is 0.0247. The number of rotatable bonds is 5. The molecule has 0 aromatic heterocycles. The van der Waals surface area contributed by atoms with Crippen LogP contribution >= 0.6 is 0 Å². The van der Waals surface area contributed by atoms with Gasteiger partial charge in [-0.25, -0.2) is 0 Å². The van der Waals surface area contributed by atoms with E-state index in [4.69, 9.17) is 5.11 Å². The van der Waals surface area contributed by atoms with Crippen molar-refractivity contribution < 1.29 is 9.90 Å². The minimum atomic E-state index is -0.0718. The molecule has 0 aliphatic heterocycles. The number of hydrogen-bond acceptors (Lipinski definition) is 2. The molecular formula is C7H15NO2. The Balaban J connectivity index is 3.48. The van der Waals surface area contributed by atoms with E-state index in [1.165, 1.54) is 0 Å². The fraction of sp³-hybridized carbons (Fsp3) is 0.857. The molecule has 0 aliphatic carbocycles. The average molecular weight is 145 g/mol. The van der Waals surface area contributed by atoms with E-state index < -0.39 is 0 Å². The summed E-state index contributed by atoms with van der Waals surface area (Å²) < 4.78 is 0. The van der Waals surface area contributed by atoms with Gasteiger partial charge in [-0.2, -0.15) is 0 Å². The van der Waals surface area contributed by atoms with Crippen LogP contribution in [0.5, 0.6) is 0 Å². The molecule has 1 amide bonds. The Morgan fingerprint density at radius 1 is 1.60 bits per heavy atom. The summed E-state index contributed by atoms with van der Waals surface area (Å²) in [7, 11) is 0. The van der Waals surface area contributed by atoms with Crippen LogP contribution in [0.1, 0.15) is 20.3 Å². The van der Waals surface area contributed by atoms with Crippen molar-refractivity contribution in [1.29, 1.82) is 0 Å². The van der Waals surface area contributed by atoms with Crippen molar-refractivity contribution in [2.45, 2.75) is 26.3 Å². The first-order valence-corrected chi connectivity index (χ1v) is 3.51. The summed E-state index contributed by atoms with van der Waals surface area (Å²) >= 11 is 0. The van der Waals surface area contributed by atoms with Crippen LogP contribution < -0.4 is 5.32 Å². The lowest BCUT2D eigenvalue weighted by molar-refractivity contribution is -0.110. The molecule has 1 atom stereocenters. The van der Waals surface area contributed by atoms with Crippen molar-refractivity contribution in [3.05, 3.63) is 0 Å². The summed E-state index contributed by atoms with van der Waals surface area (Å²) in [5.41, 5.74) is 0. The Morgan fingerprint density at radius 3 is 2.50 bits per heavy atom. The Hall–Kier alpha value is -0.570. The van der Waals surface area contributed by atoms with E-state index in [1.807, 2.05) is 0 Å². The van der Waals surface area contributed by atoms with E-state index in [1.54, 1.807) is 0 Å². The lowest BCUT2D eigenvalue weighted by Crippen LogP contribution is -2.32. The second-order valence-electron chi connectivity index (χ2n) is 2.79. The van der Waals surface area contributed by atoms with E-state index in [2.05, 4.69) is 19.2 Å². The van der Waals surface area contributed by atoms with Gasteiger partial charge >= 0.3 is 0 Å². The highest BCUT2D eigenvalue weighted by Crippen LogP contribution is 2.02. The Morgan fingerprint density at radius 2 is 2.20 bits per heavy atom. The smallest absolute Gasteiger partial charge is 0.207 e. The third-order valence-corrected chi connectivity index (χ3v) is 1.28. The first-order chi connectivity index (χ1) is 4.70. The molecule has 0 radical (unpaired) electrons. The van der Waals surface area contributed by atoms with Gasteiger partial charge in [-0.05, 0) is 12.3 Å². The molecule has 0 aromatic carbocycles. The van der Waals surface area contributed by atoms with E-state index in [0.717, 1.165) is 6.42 Å². The number of amides is 1. The lowest BCUT2D eigenvalue weighted by atomic mass is 10.1. The van der Waals surface area contributed by atoms with Crippen molar-refractivity contribution in [2.24, 2.45) is 5.92 Å². The summed E-state index contributed by atoms with van der Waals surface area (Å²) in [5.74, 6) is 0.504. The van der Waals surface area contributed by atoms with Gasteiger partial charge in [-0.15, -0.1) is 0 Å². The van der Waals surface area contributed by atoms with Crippen LogP contribution in [-0.4, -0.2) is 24.2 Å². The third-order valence-electron chi connectivity index (χ3n) is 1.28. The van der Waals surface area contributed by atoms with Crippen molar-refractivity contribution in [3.8, 4) is 0 Å². The first-order valence-electron chi connectivity index (χ1n) is 3.51. The van der Waals surface area contributed by atoms with E-state index in [0.29, 0.717) is 12.3 Å². The molecular weight excluding hydrogens is 130 g/mol. The predicted octanol–water partition coefficient (Wildman–Crippen LogP) is 0.139. The highest BCUT2D eigenvalue weighted by atomic mass is 16.3. The maximum Gasteiger partial charge on any atom is 0.207 e. The van der Waals surface area contributed by atoms with E-state index in [9.17, 15) is 4.79 Å². The lowest BCUT2D eigenvalue weighted by Gasteiger charge is -2.14. The zero-order chi connectivity index (χ0) is 7.98. The van der Waals surface area contributed by atoms with Gasteiger partial charge in [0.2, 0.25) is 6.41 Å². The summed E-state index contributed by atoms with van der Waals surface area (Å²) in [6.07, 6.45) is 1.46. The molecule has 10 heavy (non-hydrogen) atoms. The third kappa shape index (κ3) is 4.32. The van der Waals surface area contributed by atoms with Gasteiger partial charge in [-0.3, -0.25) is 4.79 Å². The average Bonchev–Trinajstić information content (AvgIpc) is 1.86. The molecule has 0 bridgehead atoms. The van der Waals surface area contributed by atoms with Crippen LogP contribution in [0.3, 0.4) is 0 Å². The van der Waals surface area contributed by atoms with Gasteiger partial charge in [-0.1, -0.05) is 13.8 Å². The van der Waals surface area contributed by atoms with Crippen LogP contribution in [0.15, 0.2) is 0 Å². The van der Waals surface area contributed by atoms with Gasteiger partial charge in [0.15, 0.2) is 0 Å². The molecule has 0 aliphatic rings. The number of carbonyl (C=O) groups is 1. The van der Waals surface area contributed by atoms with Gasteiger partial charge in [0.1, 0.15) is 0 Å². The van der Waals surface area contributed by atoms with Crippen molar-refractivity contribution >= 4 is 6.41 Å². The monoisotopic (exact) mass is 145 g/mol. The van der Waals surface area contributed by atoms with E-state index >= 15 is 0 Å². The Bertz CT molecular complexity index is 93.6. The summed E-state index contributed by atoms with van der Waals surface area (Å²) in [6.45, 7) is 4.13. The zero-order valence-electron chi connectivity index (χ0n) is 6.50. The molecule has 0 unspecified atom stereocenters. The normalized spacial score (nSPS) is 13.2. The zero-order valence-corrected chi connectivity index (χ0v) is 6.50. The van der Waals surface area contributed by atoms with Crippen LogP contribution in [0.2, 0.25) is 0 Å². The maximum absolute atomic E-state index is 9.93. The number of carbonyl (C=O) groups excluding carboxylic acids is 1. The molecule has 0 fully saturated rings. The molecule has 0 rings (SSSR count). The quantitative estimate of drug-likeness (QED) is 0.541. The second kappa shape index (κ2) is 5.23.